The van der Waals surface area contributed by atoms with Crippen LogP contribution in [0.2, 0.25) is 0 Å². The highest BCUT2D eigenvalue weighted by atomic mass is 16.1. The summed E-state index contributed by atoms with van der Waals surface area (Å²) in [5.74, 6) is 1.48. The van der Waals surface area contributed by atoms with Crippen LogP contribution in [0, 0.1) is 0 Å². The molecule has 1 aromatic heterocycles. The van der Waals surface area contributed by atoms with E-state index in [1.165, 1.54) is 39.0 Å². The molecular formula is C18H23N5O. The molecule has 1 fully saturated rings. The van der Waals surface area contributed by atoms with Crippen molar-refractivity contribution in [2.24, 2.45) is 0 Å². The van der Waals surface area contributed by atoms with Crippen molar-refractivity contribution in [1.82, 2.24) is 9.97 Å². The Morgan fingerprint density at radius 3 is 2.58 bits per heavy atom. The lowest BCUT2D eigenvalue weighted by atomic mass is 9.95. The minimum atomic E-state index is -0.0897. The molecule has 0 bridgehead atoms. The first-order chi connectivity index (χ1) is 11.7. The van der Waals surface area contributed by atoms with Gasteiger partial charge in [-0.25, -0.2) is 9.97 Å². The molecule has 0 unspecified atom stereocenters. The van der Waals surface area contributed by atoms with Gasteiger partial charge in [0.05, 0.1) is 0 Å². The van der Waals surface area contributed by atoms with Crippen molar-refractivity contribution in [3.63, 3.8) is 0 Å². The second-order valence-corrected chi connectivity index (χ2v) is 6.15. The van der Waals surface area contributed by atoms with Crippen LogP contribution in [0.1, 0.15) is 39.0 Å². The summed E-state index contributed by atoms with van der Waals surface area (Å²) >= 11 is 0. The Hall–Kier alpha value is -2.63. The summed E-state index contributed by atoms with van der Waals surface area (Å²) < 4.78 is 0. The fraction of sp³-hybridized carbons (Fsp3) is 0.389. The number of carbonyl (C=O) groups is 1. The van der Waals surface area contributed by atoms with E-state index in [2.05, 4.69) is 25.9 Å². The van der Waals surface area contributed by atoms with Crippen LogP contribution >= 0.6 is 0 Å². The molecule has 3 N–H and O–H groups in total. The van der Waals surface area contributed by atoms with Gasteiger partial charge < -0.3 is 16.0 Å². The first-order valence-electron chi connectivity index (χ1n) is 8.42. The predicted molar refractivity (Wildman–Crippen MR) is 96.6 cm³/mol. The van der Waals surface area contributed by atoms with Gasteiger partial charge in [-0.05, 0) is 31.0 Å². The van der Waals surface area contributed by atoms with Gasteiger partial charge in [0.15, 0.2) is 0 Å². The van der Waals surface area contributed by atoms with E-state index in [-0.39, 0.29) is 5.91 Å². The Morgan fingerprint density at radius 1 is 1.04 bits per heavy atom. The van der Waals surface area contributed by atoms with Crippen LogP contribution in [0.15, 0.2) is 36.7 Å². The zero-order valence-electron chi connectivity index (χ0n) is 13.9. The van der Waals surface area contributed by atoms with Gasteiger partial charge in [0.25, 0.3) is 0 Å². The monoisotopic (exact) mass is 325 g/mol. The number of rotatable bonds is 5. The Morgan fingerprint density at radius 2 is 1.79 bits per heavy atom. The van der Waals surface area contributed by atoms with Crippen molar-refractivity contribution in [3.05, 3.63) is 36.7 Å². The molecule has 1 heterocycles. The summed E-state index contributed by atoms with van der Waals surface area (Å²) in [5.41, 5.74) is 1.62. The van der Waals surface area contributed by atoms with Crippen molar-refractivity contribution in [1.29, 1.82) is 0 Å². The Bertz CT molecular complexity index is 697. The Balaban J connectivity index is 1.66. The van der Waals surface area contributed by atoms with Gasteiger partial charge in [-0.3, -0.25) is 4.79 Å². The van der Waals surface area contributed by atoms with Crippen molar-refractivity contribution in [3.8, 4) is 0 Å². The van der Waals surface area contributed by atoms with E-state index in [0.717, 1.165) is 23.0 Å². The number of nitrogens with zero attached hydrogens (tertiary/aromatic N) is 2. The second-order valence-electron chi connectivity index (χ2n) is 6.15. The van der Waals surface area contributed by atoms with E-state index in [9.17, 15) is 4.79 Å². The van der Waals surface area contributed by atoms with Crippen LogP contribution in [0.25, 0.3) is 0 Å². The molecule has 1 aliphatic carbocycles. The molecule has 1 aromatic carbocycles. The molecule has 1 saturated carbocycles. The SMILES string of the molecule is CC(=O)Nc1cccc(Nc2cc(NC3CCCCC3)ncn2)c1. The number of nitrogens with one attached hydrogen (secondary N) is 3. The zero-order valence-corrected chi connectivity index (χ0v) is 13.9. The van der Waals surface area contributed by atoms with Crippen molar-refractivity contribution < 1.29 is 4.79 Å². The first kappa shape index (κ1) is 16.2. The van der Waals surface area contributed by atoms with E-state index in [0.29, 0.717) is 6.04 Å². The minimum Gasteiger partial charge on any atom is -0.367 e. The topological polar surface area (TPSA) is 78.9 Å². The largest absolute Gasteiger partial charge is 0.367 e. The molecular weight excluding hydrogens is 302 g/mol. The van der Waals surface area contributed by atoms with E-state index >= 15 is 0 Å². The fourth-order valence-electron chi connectivity index (χ4n) is 2.99. The van der Waals surface area contributed by atoms with Gasteiger partial charge in [-0.1, -0.05) is 25.3 Å². The summed E-state index contributed by atoms with van der Waals surface area (Å²) in [7, 11) is 0. The average molecular weight is 325 g/mol. The number of amides is 1. The molecule has 6 heteroatoms. The van der Waals surface area contributed by atoms with Crippen LogP contribution in [0.5, 0.6) is 0 Å². The first-order valence-corrected chi connectivity index (χ1v) is 8.42. The van der Waals surface area contributed by atoms with E-state index < -0.39 is 0 Å². The molecule has 0 atom stereocenters. The highest BCUT2D eigenvalue weighted by Crippen LogP contribution is 2.23. The van der Waals surface area contributed by atoms with Gasteiger partial charge in [0.2, 0.25) is 5.91 Å². The Labute approximate surface area is 142 Å². The van der Waals surface area contributed by atoms with Gasteiger partial charge >= 0.3 is 0 Å². The summed E-state index contributed by atoms with van der Waals surface area (Å²) in [4.78, 5) is 19.7. The molecule has 0 spiro atoms. The standard InChI is InChI=1S/C18H23N5O/c1-13(24)21-15-8-5-9-16(10-15)23-18-11-17(19-12-20-18)22-14-6-3-2-4-7-14/h5,8-12,14H,2-4,6-7H2,1H3,(H,21,24)(H2,19,20,22,23). The van der Waals surface area contributed by atoms with E-state index in [1.807, 2.05) is 30.3 Å². The molecule has 24 heavy (non-hydrogen) atoms. The smallest absolute Gasteiger partial charge is 0.221 e. The Kier molecular flexibility index (Phi) is 5.25. The maximum Gasteiger partial charge on any atom is 0.221 e. The minimum absolute atomic E-state index is 0.0897. The molecule has 1 amide bonds. The van der Waals surface area contributed by atoms with Crippen molar-refractivity contribution >= 4 is 28.9 Å². The van der Waals surface area contributed by atoms with Gasteiger partial charge in [0, 0.05) is 30.4 Å². The second kappa shape index (κ2) is 7.77. The zero-order chi connectivity index (χ0) is 16.8. The van der Waals surface area contributed by atoms with Gasteiger partial charge in [0.1, 0.15) is 18.0 Å². The molecule has 126 valence electrons. The highest BCUT2D eigenvalue weighted by Gasteiger charge is 2.13. The van der Waals surface area contributed by atoms with Crippen molar-refractivity contribution in [2.45, 2.75) is 45.1 Å². The number of hydrogen-bond acceptors (Lipinski definition) is 5. The van der Waals surface area contributed by atoms with Crippen LogP contribution in [-0.4, -0.2) is 21.9 Å². The quantitative estimate of drug-likeness (QED) is 0.776. The summed E-state index contributed by atoms with van der Waals surface area (Å²) in [5, 5.41) is 9.52. The molecule has 0 aliphatic heterocycles. The number of anilines is 4. The maximum absolute atomic E-state index is 11.2. The molecule has 1 aliphatic rings. The fourth-order valence-corrected chi connectivity index (χ4v) is 2.99. The number of aromatic nitrogens is 2. The summed E-state index contributed by atoms with van der Waals surface area (Å²) in [6.45, 7) is 1.49. The summed E-state index contributed by atoms with van der Waals surface area (Å²) in [6.07, 6.45) is 7.86. The van der Waals surface area contributed by atoms with E-state index in [1.54, 1.807) is 6.33 Å². The molecule has 6 nitrogen and oxygen atoms in total. The molecule has 0 radical (unpaired) electrons. The third kappa shape index (κ3) is 4.68. The lowest BCUT2D eigenvalue weighted by Gasteiger charge is -2.23. The van der Waals surface area contributed by atoms with Crippen molar-refractivity contribution in [2.75, 3.05) is 16.0 Å². The molecule has 0 saturated heterocycles. The van der Waals surface area contributed by atoms with Gasteiger partial charge in [-0.15, -0.1) is 0 Å². The van der Waals surface area contributed by atoms with Crippen LogP contribution in [-0.2, 0) is 4.79 Å². The van der Waals surface area contributed by atoms with Crippen LogP contribution in [0.4, 0.5) is 23.0 Å². The normalized spacial score (nSPS) is 14.9. The van der Waals surface area contributed by atoms with Gasteiger partial charge in [-0.2, -0.15) is 0 Å². The van der Waals surface area contributed by atoms with Crippen LogP contribution in [0.3, 0.4) is 0 Å². The maximum atomic E-state index is 11.2. The lowest BCUT2D eigenvalue weighted by molar-refractivity contribution is -0.114. The number of benzene rings is 1. The highest BCUT2D eigenvalue weighted by molar-refractivity contribution is 5.89. The predicted octanol–water partition coefficient (Wildman–Crippen LogP) is 3.92. The third-order valence-corrected chi connectivity index (χ3v) is 4.08. The third-order valence-electron chi connectivity index (χ3n) is 4.08. The molecule has 2 aromatic rings. The van der Waals surface area contributed by atoms with E-state index in [4.69, 9.17) is 0 Å². The average Bonchev–Trinajstić information content (AvgIpc) is 2.56. The lowest BCUT2D eigenvalue weighted by Crippen LogP contribution is -2.22. The molecule has 3 rings (SSSR count). The number of carbonyl (C=O) groups excluding carboxylic acids is 1. The summed E-state index contributed by atoms with van der Waals surface area (Å²) in [6, 6.07) is 9.96. The number of hydrogen-bond donors (Lipinski definition) is 3. The van der Waals surface area contributed by atoms with Crippen LogP contribution < -0.4 is 16.0 Å².